The normalized spacial score (nSPS) is 12.2. The molecule has 0 radical (unpaired) electrons. The predicted molar refractivity (Wildman–Crippen MR) is 279 cm³/mol. The molecule has 0 saturated heterocycles. The quantitative estimate of drug-likeness (QED) is 0.0262. The number of allylic oxidation sites excluding steroid dienone is 6. The van der Waals surface area contributed by atoms with E-state index < -0.39 is 6.10 Å². The molecule has 0 N–H and O–H groups in total. The zero-order valence-corrected chi connectivity index (χ0v) is 43.5. The highest BCUT2D eigenvalue weighted by molar-refractivity contribution is 5.71. The fraction of sp³-hybridized carbons (Fsp3) is 0.847. The lowest BCUT2D eigenvalue weighted by atomic mass is 10.0. The second-order valence-corrected chi connectivity index (χ2v) is 19.2. The SMILES string of the molecule is CCCCCC/C=C\C/C=C\CCCCCCCC(=O)OC(COC(=O)CCCCCCCCCC)COC(=O)CCCCCCCCCCCCC/C=C\CCCCCCCCCC. The molecule has 65 heavy (non-hydrogen) atoms. The number of carbonyl (C=O) groups excluding carboxylic acids is 3. The van der Waals surface area contributed by atoms with Crippen LogP contribution >= 0.6 is 0 Å². The Morgan fingerprint density at radius 2 is 0.554 bits per heavy atom. The molecule has 0 saturated carbocycles. The maximum Gasteiger partial charge on any atom is 0.306 e. The molecule has 0 aromatic rings. The maximum atomic E-state index is 12.8. The van der Waals surface area contributed by atoms with E-state index in [4.69, 9.17) is 14.2 Å². The lowest BCUT2D eigenvalue weighted by molar-refractivity contribution is -0.167. The van der Waals surface area contributed by atoms with Crippen molar-refractivity contribution in [2.75, 3.05) is 13.2 Å². The van der Waals surface area contributed by atoms with Crippen molar-refractivity contribution in [1.82, 2.24) is 0 Å². The molecule has 0 rings (SSSR count). The molecular formula is C59H108O6. The number of unbranched alkanes of at least 4 members (excludes halogenated alkanes) is 35. The van der Waals surface area contributed by atoms with Crippen LogP contribution in [0.15, 0.2) is 36.5 Å². The lowest BCUT2D eigenvalue weighted by Crippen LogP contribution is -2.30. The first-order chi connectivity index (χ1) is 32.0. The van der Waals surface area contributed by atoms with Crippen molar-refractivity contribution in [3.8, 4) is 0 Å². The Labute approximate surface area is 404 Å². The molecule has 0 bridgehead atoms. The summed E-state index contributed by atoms with van der Waals surface area (Å²) in [6, 6.07) is 0. The summed E-state index contributed by atoms with van der Waals surface area (Å²) in [7, 11) is 0. The standard InChI is InChI=1S/C59H108O6/c1-4-7-10-13-16-19-21-23-25-27-28-29-30-31-32-33-35-36-38-40-43-46-49-52-58(61)64-55-56(54-63-57(60)51-48-45-42-18-15-12-9-6-3)65-59(62)53-50-47-44-41-39-37-34-26-24-22-20-17-14-11-8-5-2/h20,22,26-28,34,56H,4-19,21,23-25,29-33,35-55H2,1-3H3/b22-20-,28-27-,34-26-. The molecule has 0 fully saturated rings. The average Bonchev–Trinajstić information content (AvgIpc) is 3.30. The molecule has 0 aromatic carbocycles. The molecule has 6 nitrogen and oxygen atoms in total. The van der Waals surface area contributed by atoms with Crippen LogP contribution < -0.4 is 0 Å². The Morgan fingerprint density at radius 3 is 0.877 bits per heavy atom. The number of rotatable bonds is 52. The fourth-order valence-electron chi connectivity index (χ4n) is 8.29. The van der Waals surface area contributed by atoms with Crippen LogP contribution in [0.2, 0.25) is 0 Å². The number of carbonyl (C=O) groups is 3. The zero-order chi connectivity index (χ0) is 47.2. The first-order valence-corrected chi connectivity index (χ1v) is 28.5. The van der Waals surface area contributed by atoms with Gasteiger partial charge >= 0.3 is 17.9 Å². The average molecular weight is 914 g/mol. The highest BCUT2D eigenvalue weighted by Gasteiger charge is 2.19. The highest BCUT2D eigenvalue weighted by Crippen LogP contribution is 2.16. The Bertz CT molecular complexity index is 1090. The van der Waals surface area contributed by atoms with E-state index in [1.807, 2.05) is 0 Å². The van der Waals surface area contributed by atoms with Crippen molar-refractivity contribution in [2.24, 2.45) is 0 Å². The van der Waals surface area contributed by atoms with E-state index in [9.17, 15) is 14.4 Å². The van der Waals surface area contributed by atoms with Crippen LogP contribution in [0, 0.1) is 0 Å². The van der Waals surface area contributed by atoms with Gasteiger partial charge in [0.05, 0.1) is 0 Å². The van der Waals surface area contributed by atoms with E-state index in [2.05, 4.69) is 57.2 Å². The third-order valence-corrected chi connectivity index (χ3v) is 12.6. The van der Waals surface area contributed by atoms with Crippen LogP contribution in [-0.2, 0) is 28.6 Å². The number of ether oxygens (including phenoxy) is 3. The number of esters is 3. The molecular weight excluding hydrogens is 805 g/mol. The van der Waals surface area contributed by atoms with Gasteiger partial charge in [-0.15, -0.1) is 0 Å². The smallest absolute Gasteiger partial charge is 0.306 e. The number of hydrogen-bond donors (Lipinski definition) is 0. The first-order valence-electron chi connectivity index (χ1n) is 28.5. The summed E-state index contributed by atoms with van der Waals surface area (Å²) in [5, 5.41) is 0. The highest BCUT2D eigenvalue weighted by atomic mass is 16.6. The third kappa shape index (κ3) is 52.5. The minimum atomic E-state index is -0.775. The van der Waals surface area contributed by atoms with Gasteiger partial charge in [0.25, 0.3) is 0 Å². The van der Waals surface area contributed by atoms with Gasteiger partial charge in [-0.3, -0.25) is 14.4 Å². The largest absolute Gasteiger partial charge is 0.462 e. The van der Waals surface area contributed by atoms with E-state index in [1.165, 1.54) is 180 Å². The van der Waals surface area contributed by atoms with E-state index in [0.29, 0.717) is 19.3 Å². The minimum Gasteiger partial charge on any atom is -0.462 e. The Kier molecular flexibility index (Phi) is 52.3. The van der Waals surface area contributed by atoms with Gasteiger partial charge in [0.15, 0.2) is 6.10 Å². The van der Waals surface area contributed by atoms with Crippen molar-refractivity contribution < 1.29 is 28.6 Å². The third-order valence-electron chi connectivity index (χ3n) is 12.6. The summed E-state index contributed by atoms with van der Waals surface area (Å²) in [5.74, 6) is -0.881. The van der Waals surface area contributed by atoms with Gasteiger partial charge < -0.3 is 14.2 Å². The van der Waals surface area contributed by atoms with Crippen LogP contribution in [-0.4, -0.2) is 37.2 Å². The van der Waals surface area contributed by atoms with Gasteiger partial charge in [-0.25, -0.2) is 0 Å². The van der Waals surface area contributed by atoms with Crippen molar-refractivity contribution in [3.05, 3.63) is 36.5 Å². The second kappa shape index (κ2) is 54.2. The molecule has 1 atom stereocenters. The summed E-state index contributed by atoms with van der Waals surface area (Å²) < 4.78 is 16.8. The van der Waals surface area contributed by atoms with E-state index in [0.717, 1.165) is 83.5 Å². The van der Waals surface area contributed by atoms with E-state index >= 15 is 0 Å². The van der Waals surface area contributed by atoms with Gasteiger partial charge in [0.2, 0.25) is 0 Å². The van der Waals surface area contributed by atoms with Gasteiger partial charge in [-0.1, -0.05) is 243 Å². The molecule has 0 aliphatic carbocycles. The van der Waals surface area contributed by atoms with Gasteiger partial charge in [0, 0.05) is 19.3 Å². The van der Waals surface area contributed by atoms with Gasteiger partial charge in [-0.05, 0) is 77.0 Å². The van der Waals surface area contributed by atoms with Crippen LogP contribution in [0.4, 0.5) is 0 Å². The Hall–Kier alpha value is -2.37. The van der Waals surface area contributed by atoms with Gasteiger partial charge in [-0.2, -0.15) is 0 Å². The van der Waals surface area contributed by atoms with Crippen LogP contribution in [0.3, 0.4) is 0 Å². The predicted octanol–water partition coefficient (Wildman–Crippen LogP) is 18.9. The second-order valence-electron chi connectivity index (χ2n) is 19.2. The minimum absolute atomic E-state index is 0.0755. The van der Waals surface area contributed by atoms with E-state index in [-0.39, 0.29) is 31.1 Å². The molecule has 0 spiro atoms. The first kappa shape index (κ1) is 62.6. The fourth-order valence-corrected chi connectivity index (χ4v) is 8.29. The van der Waals surface area contributed by atoms with Crippen LogP contribution in [0.25, 0.3) is 0 Å². The number of hydrogen-bond acceptors (Lipinski definition) is 6. The monoisotopic (exact) mass is 913 g/mol. The molecule has 0 heterocycles. The molecule has 0 aromatic heterocycles. The molecule has 0 amide bonds. The summed E-state index contributed by atoms with van der Waals surface area (Å²) in [5.41, 5.74) is 0. The summed E-state index contributed by atoms with van der Waals surface area (Å²) >= 11 is 0. The van der Waals surface area contributed by atoms with Crippen molar-refractivity contribution in [1.29, 1.82) is 0 Å². The molecule has 1 unspecified atom stereocenters. The summed E-state index contributed by atoms with van der Waals surface area (Å²) in [4.78, 5) is 37.9. The van der Waals surface area contributed by atoms with Crippen LogP contribution in [0.5, 0.6) is 0 Å². The van der Waals surface area contributed by atoms with Gasteiger partial charge in [0.1, 0.15) is 13.2 Å². The van der Waals surface area contributed by atoms with Crippen LogP contribution in [0.1, 0.15) is 303 Å². The molecule has 0 aliphatic rings. The summed E-state index contributed by atoms with van der Waals surface area (Å²) in [6.07, 6.45) is 64.4. The zero-order valence-electron chi connectivity index (χ0n) is 43.5. The Balaban J connectivity index is 4.20. The molecule has 6 heteroatoms. The van der Waals surface area contributed by atoms with E-state index in [1.54, 1.807) is 0 Å². The molecule has 380 valence electrons. The summed E-state index contributed by atoms with van der Waals surface area (Å²) in [6.45, 7) is 6.61. The van der Waals surface area contributed by atoms with Crippen molar-refractivity contribution >= 4 is 17.9 Å². The topological polar surface area (TPSA) is 78.9 Å². The Morgan fingerprint density at radius 1 is 0.308 bits per heavy atom. The van der Waals surface area contributed by atoms with Crippen molar-refractivity contribution in [3.63, 3.8) is 0 Å². The molecule has 0 aliphatic heterocycles. The lowest BCUT2D eigenvalue weighted by Gasteiger charge is -2.18. The van der Waals surface area contributed by atoms with Crippen molar-refractivity contribution in [2.45, 2.75) is 309 Å². The maximum absolute atomic E-state index is 12.8.